The molecule has 0 saturated carbocycles. The molecule has 1 aromatic rings. The molecule has 1 atom stereocenters. The summed E-state index contributed by atoms with van der Waals surface area (Å²) in [5, 5.41) is 3.05. The number of anilines is 1. The summed E-state index contributed by atoms with van der Waals surface area (Å²) < 4.78 is 0. The van der Waals surface area contributed by atoms with E-state index in [0.717, 1.165) is 24.2 Å². The summed E-state index contributed by atoms with van der Waals surface area (Å²) in [7, 11) is 1.90. The summed E-state index contributed by atoms with van der Waals surface area (Å²) in [6.45, 7) is 8.18. The van der Waals surface area contributed by atoms with Gasteiger partial charge in [-0.05, 0) is 36.4 Å². The first-order valence-electron chi connectivity index (χ1n) is 6.54. The maximum Gasteiger partial charge on any atom is 0.125 e. The van der Waals surface area contributed by atoms with E-state index in [2.05, 4.69) is 35.1 Å². The normalized spacial score (nSPS) is 21.1. The lowest BCUT2D eigenvalue weighted by Crippen LogP contribution is -2.21. The maximum atomic E-state index is 4.36. The van der Waals surface area contributed by atoms with E-state index in [4.69, 9.17) is 0 Å². The Morgan fingerprint density at radius 1 is 1.47 bits per heavy atom. The molecule has 1 fully saturated rings. The Labute approximate surface area is 104 Å². The number of nitrogens with one attached hydrogen (secondary N) is 1. The summed E-state index contributed by atoms with van der Waals surface area (Å²) in [6.07, 6.45) is 3.33. The van der Waals surface area contributed by atoms with Gasteiger partial charge >= 0.3 is 0 Å². The van der Waals surface area contributed by atoms with E-state index in [-0.39, 0.29) is 0 Å². The second kappa shape index (κ2) is 5.50. The van der Waals surface area contributed by atoms with E-state index in [9.17, 15) is 0 Å². The van der Waals surface area contributed by atoms with Gasteiger partial charge < -0.3 is 5.32 Å². The standard InChI is InChI=1S/C14H23N3/c1-11(2)13-6-7-17(10-13)9-12-4-5-14(15-3)16-8-12/h4-5,8,11,13H,6-7,9-10H2,1-3H3,(H,15,16). The summed E-state index contributed by atoms with van der Waals surface area (Å²) in [5.74, 6) is 2.62. The SMILES string of the molecule is CNc1ccc(CN2CCC(C(C)C)C2)cn1. The minimum absolute atomic E-state index is 0.810. The first kappa shape index (κ1) is 12.4. The minimum Gasteiger partial charge on any atom is -0.373 e. The van der Waals surface area contributed by atoms with Crippen LogP contribution in [0.25, 0.3) is 0 Å². The molecule has 1 N–H and O–H groups in total. The van der Waals surface area contributed by atoms with Gasteiger partial charge in [-0.1, -0.05) is 19.9 Å². The lowest BCUT2D eigenvalue weighted by molar-refractivity contribution is 0.296. The molecule has 17 heavy (non-hydrogen) atoms. The van der Waals surface area contributed by atoms with Crippen LogP contribution in [0.4, 0.5) is 5.82 Å². The van der Waals surface area contributed by atoms with Crippen LogP contribution in [0.15, 0.2) is 18.3 Å². The third kappa shape index (κ3) is 3.19. The van der Waals surface area contributed by atoms with Gasteiger partial charge in [-0.25, -0.2) is 4.98 Å². The third-order valence-electron chi connectivity index (χ3n) is 3.74. The Morgan fingerprint density at radius 2 is 2.29 bits per heavy atom. The molecule has 3 nitrogen and oxygen atoms in total. The third-order valence-corrected chi connectivity index (χ3v) is 3.74. The molecular weight excluding hydrogens is 210 g/mol. The molecule has 0 aromatic carbocycles. The molecule has 94 valence electrons. The lowest BCUT2D eigenvalue weighted by atomic mass is 9.95. The van der Waals surface area contributed by atoms with E-state index in [1.807, 2.05) is 19.3 Å². The van der Waals surface area contributed by atoms with E-state index in [0.29, 0.717) is 0 Å². The van der Waals surface area contributed by atoms with Crippen molar-refractivity contribution in [1.82, 2.24) is 9.88 Å². The fraction of sp³-hybridized carbons (Fsp3) is 0.643. The number of rotatable bonds is 4. The van der Waals surface area contributed by atoms with Crippen LogP contribution in [0.3, 0.4) is 0 Å². The largest absolute Gasteiger partial charge is 0.373 e. The average molecular weight is 233 g/mol. The highest BCUT2D eigenvalue weighted by molar-refractivity contribution is 5.34. The molecule has 0 aliphatic carbocycles. The van der Waals surface area contributed by atoms with Crippen LogP contribution in [-0.2, 0) is 6.54 Å². The highest BCUT2D eigenvalue weighted by Crippen LogP contribution is 2.24. The topological polar surface area (TPSA) is 28.2 Å². The molecule has 0 amide bonds. The summed E-state index contributed by atoms with van der Waals surface area (Å²) in [4.78, 5) is 6.90. The molecule has 0 bridgehead atoms. The maximum absolute atomic E-state index is 4.36. The van der Waals surface area contributed by atoms with Crippen molar-refractivity contribution in [2.75, 3.05) is 25.5 Å². The predicted molar refractivity (Wildman–Crippen MR) is 72.0 cm³/mol. The number of likely N-dealkylation sites (tertiary alicyclic amines) is 1. The molecule has 1 aromatic heterocycles. The second-order valence-corrected chi connectivity index (χ2v) is 5.33. The van der Waals surface area contributed by atoms with E-state index in [1.165, 1.54) is 25.1 Å². The van der Waals surface area contributed by atoms with Crippen LogP contribution in [0.1, 0.15) is 25.8 Å². The zero-order valence-corrected chi connectivity index (χ0v) is 11.1. The molecule has 1 aliphatic rings. The first-order valence-corrected chi connectivity index (χ1v) is 6.54. The van der Waals surface area contributed by atoms with Gasteiger partial charge in [0, 0.05) is 26.3 Å². The van der Waals surface area contributed by atoms with Crippen molar-refractivity contribution in [3.8, 4) is 0 Å². The van der Waals surface area contributed by atoms with Gasteiger partial charge in [0.2, 0.25) is 0 Å². The van der Waals surface area contributed by atoms with Crippen LogP contribution in [0.2, 0.25) is 0 Å². The fourth-order valence-corrected chi connectivity index (χ4v) is 2.47. The number of pyridine rings is 1. The minimum atomic E-state index is 0.810. The van der Waals surface area contributed by atoms with Gasteiger partial charge in [-0.3, -0.25) is 4.90 Å². The van der Waals surface area contributed by atoms with Crippen molar-refractivity contribution in [3.05, 3.63) is 23.9 Å². The van der Waals surface area contributed by atoms with Gasteiger partial charge in [0.1, 0.15) is 5.82 Å². The Bertz CT molecular complexity index is 345. The number of nitrogens with zero attached hydrogens (tertiary/aromatic N) is 2. The zero-order valence-electron chi connectivity index (χ0n) is 11.1. The smallest absolute Gasteiger partial charge is 0.125 e. The molecule has 0 radical (unpaired) electrons. The van der Waals surface area contributed by atoms with Gasteiger partial charge in [-0.15, -0.1) is 0 Å². The second-order valence-electron chi connectivity index (χ2n) is 5.33. The Kier molecular flexibility index (Phi) is 4.00. The van der Waals surface area contributed by atoms with Crippen molar-refractivity contribution in [2.24, 2.45) is 11.8 Å². The monoisotopic (exact) mass is 233 g/mol. The van der Waals surface area contributed by atoms with E-state index < -0.39 is 0 Å². The quantitative estimate of drug-likeness (QED) is 0.866. The van der Waals surface area contributed by atoms with Crippen LogP contribution in [-0.4, -0.2) is 30.0 Å². The molecule has 3 heteroatoms. The lowest BCUT2D eigenvalue weighted by Gasteiger charge is -2.17. The molecule has 2 heterocycles. The molecule has 1 unspecified atom stereocenters. The fourth-order valence-electron chi connectivity index (χ4n) is 2.47. The van der Waals surface area contributed by atoms with Crippen molar-refractivity contribution in [2.45, 2.75) is 26.8 Å². The molecular formula is C14H23N3. The van der Waals surface area contributed by atoms with Crippen LogP contribution in [0, 0.1) is 11.8 Å². The summed E-state index contributed by atoms with van der Waals surface area (Å²) in [6, 6.07) is 4.22. The Morgan fingerprint density at radius 3 is 2.82 bits per heavy atom. The molecule has 1 aliphatic heterocycles. The zero-order chi connectivity index (χ0) is 12.3. The van der Waals surface area contributed by atoms with E-state index in [1.54, 1.807) is 0 Å². The average Bonchev–Trinajstić information content (AvgIpc) is 2.79. The first-order chi connectivity index (χ1) is 8.19. The van der Waals surface area contributed by atoms with Gasteiger partial charge in [-0.2, -0.15) is 0 Å². The van der Waals surface area contributed by atoms with Gasteiger partial charge in [0.25, 0.3) is 0 Å². The highest BCUT2D eigenvalue weighted by atomic mass is 15.1. The van der Waals surface area contributed by atoms with Crippen molar-refractivity contribution in [1.29, 1.82) is 0 Å². The predicted octanol–water partition coefficient (Wildman–Crippen LogP) is 2.60. The number of hydrogen-bond donors (Lipinski definition) is 1. The van der Waals surface area contributed by atoms with Crippen molar-refractivity contribution in [3.63, 3.8) is 0 Å². The van der Waals surface area contributed by atoms with Crippen LogP contribution < -0.4 is 5.32 Å². The molecule has 1 saturated heterocycles. The Hall–Kier alpha value is -1.09. The highest BCUT2D eigenvalue weighted by Gasteiger charge is 2.24. The molecule has 2 rings (SSSR count). The van der Waals surface area contributed by atoms with Crippen LogP contribution >= 0.6 is 0 Å². The number of aromatic nitrogens is 1. The summed E-state index contributed by atoms with van der Waals surface area (Å²) in [5.41, 5.74) is 1.31. The van der Waals surface area contributed by atoms with Gasteiger partial charge in [0.05, 0.1) is 0 Å². The number of hydrogen-bond acceptors (Lipinski definition) is 3. The van der Waals surface area contributed by atoms with Crippen LogP contribution in [0.5, 0.6) is 0 Å². The Balaban J connectivity index is 1.89. The van der Waals surface area contributed by atoms with Crippen molar-refractivity contribution < 1.29 is 0 Å². The van der Waals surface area contributed by atoms with Gasteiger partial charge in [0.15, 0.2) is 0 Å². The van der Waals surface area contributed by atoms with Crippen molar-refractivity contribution >= 4 is 5.82 Å². The molecule has 0 spiro atoms. The van der Waals surface area contributed by atoms with E-state index >= 15 is 0 Å². The summed E-state index contributed by atoms with van der Waals surface area (Å²) >= 11 is 0.